The lowest BCUT2D eigenvalue weighted by Gasteiger charge is -2.13. The van der Waals surface area contributed by atoms with Gasteiger partial charge < -0.3 is 14.2 Å². The fourth-order valence-electron chi connectivity index (χ4n) is 3.15. The molecule has 0 atom stereocenters. The van der Waals surface area contributed by atoms with Crippen LogP contribution in [-0.4, -0.2) is 36.4 Å². The van der Waals surface area contributed by atoms with Crippen LogP contribution in [0.3, 0.4) is 0 Å². The zero-order valence-electron chi connectivity index (χ0n) is 19.5. The number of rotatable bonds is 10. The second-order valence-electron chi connectivity index (χ2n) is 7.41. The third kappa shape index (κ3) is 6.80. The van der Waals surface area contributed by atoms with Gasteiger partial charge in [-0.1, -0.05) is 30.4 Å². The molecule has 0 spiro atoms. The fourth-order valence-corrected chi connectivity index (χ4v) is 3.82. The molecule has 0 saturated heterocycles. The summed E-state index contributed by atoms with van der Waals surface area (Å²) in [5.74, 6) is 1.27. The highest BCUT2D eigenvalue weighted by Crippen LogP contribution is 2.29. The number of aryl methyl sites for hydroxylation is 3. The van der Waals surface area contributed by atoms with E-state index in [4.69, 9.17) is 14.2 Å². The number of nitrogens with one attached hydrogen (secondary N) is 1. The summed E-state index contributed by atoms with van der Waals surface area (Å²) in [4.78, 5) is 12.5. The van der Waals surface area contributed by atoms with E-state index in [-0.39, 0.29) is 5.57 Å². The molecule has 176 valence electrons. The van der Waals surface area contributed by atoms with Gasteiger partial charge in [-0.15, -0.1) is 10.2 Å². The topological polar surface area (TPSA) is 106 Å². The molecule has 1 amide bonds. The van der Waals surface area contributed by atoms with Crippen LogP contribution in [0.25, 0.3) is 6.08 Å². The van der Waals surface area contributed by atoms with Crippen molar-refractivity contribution in [3.63, 3.8) is 0 Å². The van der Waals surface area contributed by atoms with Crippen LogP contribution >= 0.6 is 11.3 Å². The van der Waals surface area contributed by atoms with Crippen molar-refractivity contribution in [1.82, 2.24) is 10.2 Å². The number of carbonyl (C=O) groups is 1. The van der Waals surface area contributed by atoms with Gasteiger partial charge in [-0.05, 0) is 67.3 Å². The number of nitrogens with zero attached hydrogens (tertiary/aromatic N) is 3. The highest BCUT2D eigenvalue weighted by molar-refractivity contribution is 7.15. The van der Waals surface area contributed by atoms with Crippen molar-refractivity contribution in [2.24, 2.45) is 0 Å². The van der Waals surface area contributed by atoms with Gasteiger partial charge in [0.25, 0.3) is 5.91 Å². The highest BCUT2D eigenvalue weighted by atomic mass is 32.1. The van der Waals surface area contributed by atoms with Crippen molar-refractivity contribution in [2.75, 3.05) is 25.6 Å². The third-order valence-corrected chi connectivity index (χ3v) is 5.64. The Hall–Kier alpha value is -3.90. The molecule has 0 saturated carbocycles. The zero-order valence-corrected chi connectivity index (χ0v) is 20.4. The molecule has 3 rings (SSSR count). The first-order chi connectivity index (χ1) is 16.4. The molecule has 0 aliphatic heterocycles. The summed E-state index contributed by atoms with van der Waals surface area (Å²) in [5.41, 5.74) is 2.83. The first kappa shape index (κ1) is 24.7. The number of benzene rings is 2. The van der Waals surface area contributed by atoms with Crippen molar-refractivity contribution < 1.29 is 19.0 Å². The molecule has 8 nitrogen and oxygen atoms in total. The molecule has 34 heavy (non-hydrogen) atoms. The Morgan fingerprint density at radius 1 is 1.09 bits per heavy atom. The van der Waals surface area contributed by atoms with Crippen molar-refractivity contribution in [3.8, 4) is 23.3 Å². The minimum atomic E-state index is -0.552. The molecule has 1 aromatic heterocycles. The quantitative estimate of drug-likeness (QED) is 0.255. The van der Waals surface area contributed by atoms with Gasteiger partial charge in [0.1, 0.15) is 35.6 Å². The van der Waals surface area contributed by atoms with Crippen LogP contribution < -0.4 is 19.5 Å². The number of ether oxygens (including phenoxy) is 3. The molecule has 1 N–H and O–H groups in total. The Morgan fingerprint density at radius 3 is 2.47 bits per heavy atom. The van der Waals surface area contributed by atoms with E-state index in [0.29, 0.717) is 35.4 Å². The van der Waals surface area contributed by atoms with E-state index in [1.807, 2.05) is 39.0 Å². The predicted octanol–water partition coefficient (Wildman–Crippen LogP) is 4.73. The lowest BCUT2D eigenvalue weighted by Crippen LogP contribution is -2.13. The molecular weight excluding hydrogens is 452 g/mol. The first-order valence-corrected chi connectivity index (χ1v) is 11.5. The Labute approximate surface area is 202 Å². The number of methoxy groups -OCH3 is 1. The van der Waals surface area contributed by atoms with Crippen LogP contribution in [0.1, 0.15) is 28.6 Å². The highest BCUT2D eigenvalue weighted by Gasteiger charge is 2.13. The van der Waals surface area contributed by atoms with Gasteiger partial charge in [-0.25, -0.2) is 0 Å². The molecule has 0 fully saturated rings. The van der Waals surface area contributed by atoms with E-state index in [2.05, 4.69) is 21.6 Å². The van der Waals surface area contributed by atoms with E-state index in [1.165, 1.54) is 24.5 Å². The molecule has 0 unspecified atom stereocenters. The summed E-state index contributed by atoms with van der Waals surface area (Å²) in [6, 6.07) is 13.1. The summed E-state index contributed by atoms with van der Waals surface area (Å²) < 4.78 is 17.0. The second kappa shape index (κ2) is 11.8. The van der Waals surface area contributed by atoms with Crippen LogP contribution in [0, 0.1) is 25.2 Å². The molecular formula is C25H26N4O4S. The van der Waals surface area contributed by atoms with Gasteiger partial charge in [0.15, 0.2) is 11.5 Å². The van der Waals surface area contributed by atoms with E-state index < -0.39 is 5.91 Å². The van der Waals surface area contributed by atoms with Gasteiger partial charge in [0, 0.05) is 0 Å². The molecule has 0 radical (unpaired) electrons. The van der Waals surface area contributed by atoms with Gasteiger partial charge >= 0.3 is 0 Å². The van der Waals surface area contributed by atoms with Crippen molar-refractivity contribution in [1.29, 1.82) is 5.26 Å². The molecule has 0 aliphatic rings. The van der Waals surface area contributed by atoms with E-state index in [9.17, 15) is 10.1 Å². The number of carbonyl (C=O) groups excluding carboxylic acids is 1. The molecule has 0 aliphatic carbocycles. The number of aromatic nitrogens is 2. The van der Waals surface area contributed by atoms with Crippen molar-refractivity contribution >= 4 is 28.5 Å². The summed E-state index contributed by atoms with van der Waals surface area (Å²) >= 11 is 1.28. The smallest absolute Gasteiger partial charge is 0.268 e. The monoisotopic (exact) mass is 478 g/mol. The van der Waals surface area contributed by atoms with Crippen molar-refractivity contribution in [3.05, 3.63) is 63.7 Å². The number of anilines is 1. The normalized spacial score (nSPS) is 11.0. The Bertz CT molecular complexity index is 1210. The standard InChI is InChI=1S/C25H26N4O4S/c1-5-23-28-29-25(34-23)27-24(30)19(15-26)13-18-6-7-21(22(14-18)31-4)33-9-8-32-20-11-16(2)10-17(3)12-20/h6-7,10-14H,5,8-9H2,1-4H3,(H,27,29,30). The molecule has 0 bridgehead atoms. The lowest BCUT2D eigenvalue weighted by atomic mass is 10.1. The SMILES string of the molecule is CCc1nnc(NC(=O)C(C#N)=Cc2ccc(OCCOc3cc(C)cc(C)c3)c(OC)c2)s1. The number of nitriles is 1. The zero-order chi connectivity index (χ0) is 24.5. The van der Waals surface area contributed by atoms with E-state index >= 15 is 0 Å². The molecule has 2 aromatic carbocycles. The largest absolute Gasteiger partial charge is 0.493 e. The maximum Gasteiger partial charge on any atom is 0.268 e. The predicted molar refractivity (Wildman–Crippen MR) is 131 cm³/mol. The summed E-state index contributed by atoms with van der Waals surface area (Å²) in [6.45, 7) is 6.70. The maximum atomic E-state index is 12.5. The molecule has 1 heterocycles. The van der Waals surface area contributed by atoms with Gasteiger partial charge in [-0.2, -0.15) is 5.26 Å². The maximum absolute atomic E-state index is 12.5. The average Bonchev–Trinajstić information content (AvgIpc) is 3.27. The lowest BCUT2D eigenvalue weighted by molar-refractivity contribution is -0.112. The average molecular weight is 479 g/mol. The number of hydrogen-bond donors (Lipinski definition) is 1. The van der Waals surface area contributed by atoms with Crippen molar-refractivity contribution in [2.45, 2.75) is 27.2 Å². The van der Waals surface area contributed by atoms with Crippen LogP contribution in [0.2, 0.25) is 0 Å². The van der Waals surface area contributed by atoms with E-state index in [1.54, 1.807) is 18.2 Å². The summed E-state index contributed by atoms with van der Waals surface area (Å²) in [7, 11) is 1.53. The number of hydrogen-bond acceptors (Lipinski definition) is 8. The minimum Gasteiger partial charge on any atom is -0.493 e. The van der Waals surface area contributed by atoms with Gasteiger partial charge in [0.2, 0.25) is 5.13 Å². The Morgan fingerprint density at radius 2 is 1.82 bits per heavy atom. The molecule has 3 aromatic rings. The first-order valence-electron chi connectivity index (χ1n) is 10.7. The minimum absolute atomic E-state index is 0.0641. The summed E-state index contributed by atoms with van der Waals surface area (Å²) in [5, 5.41) is 21.1. The van der Waals surface area contributed by atoms with E-state index in [0.717, 1.165) is 28.3 Å². The van der Waals surface area contributed by atoms with Crippen LogP contribution in [0.5, 0.6) is 17.2 Å². The number of amides is 1. The third-order valence-electron chi connectivity index (χ3n) is 4.66. The summed E-state index contributed by atoms with van der Waals surface area (Å²) in [6.07, 6.45) is 2.20. The van der Waals surface area contributed by atoms with Gasteiger partial charge in [-0.3, -0.25) is 10.1 Å². The molecule has 9 heteroatoms. The Balaban J connectivity index is 1.62. The second-order valence-corrected chi connectivity index (χ2v) is 8.47. The Kier molecular flexibility index (Phi) is 8.60. The van der Waals surface area contributed by atoms with Gasteiger partial charge in [0.05, 0.1) is 7.11 Å². The van der Waals surface area contributed by atoms with Crippen LogP contribution in [0.4, 0.5) is 5.13 Å². The van der Waals surface area contributed by atoms with Crippen LogP contribution in [-0.2, 0) is 11.2 Å². The fraction of sp³-hybridized carbons (Fsp3) is 0.280. The van der Waals surface area contributed by atoms with Crippen LogP contribution in [0.15, 0.2) is 42.0 Å².